The normalized spacial score (nSPS) is 14.5. The number of ether oxygens (including phenoxy) is 3. The third kappa shape index (κ3) is 2.85. The minimum atomic E-state index is -0.795. The van der Waals surface area contributed by atoms with Crippen molar-refractivity contribution in [3.05, 3.63) is 71.8 Å². The van der Waals surface area contributed by atoms with Crippen LogP contribution in [0.4, 0.5) is 0 Å². The SMILES string of the molecule is O=C1c2ccccc2-c2nn(CC(O)COc3ccc4c(c3)OCO4)c3cccc1c23. The average Bonchev–Trinajstić information content (AvgIpc) is 3.41. The summed E-state index contributed by atoms with van der Waals surface area (Å²) in [6, 6.07) is 18.4. The van der Waals surface area contributed by atoms with Crippen LogP contribution in [0, 0.1) is 0 Å². The summed E-state index contributed by atoms with van der Waals surface area (Å²) in [5.41, 5.74) is 3.70. The van der Waals surface area contributed by atoms with Gasteiger partial charge in [0.2, 0.25) is 6.79 Å². The topological polar surface area (TPSA) is 82.8 Å². The fourth-order valence-corrected chi connectivity index (χ4v) is 4.19. The minimum absolute atomic E-state index is 0.0000556. The van der Waals surface area contributed by atoms with E-state index in [0.717, 1.165) is 22.2 Å². The number of aromatic nitrogens is 2. The van der Waals surface area contributed by atoms with E-state index < -0.39 is 6.10 Å². The lowest BCUT2D eigenvalue weighted by atomic mass is 9.87. The second-order valence-electron chi connectivity index (χ2n) is 7.59. The number of carbonyl (C=O) groups is 1. The van der Waals surface area contributed by atoms with Crippen LogP contribution < -0.4 is 14.2 Å². The van der Waals surface area contributed by atoms with Gasteiger partial charge in [-0.05, 0) is 18.2 Å². The Morgan fingerprint density at radius 3 is 2.71 bits per heavy atom. The highest BCUT2D eigenvalue weighted by Gasteiger charge is 2.28. The Morgan fingerprint density at radius 1 is 1.00 bits per heavy atom. The molecule has 1 aliphatic carbocycles. The van der Waals surface area contributed by atoms with Gasteiger partial charge in [0.15, 0.2) is 17.3 Å². The van der Waals surface area contributed by atoms with Crippen LogP contribution in [0.15, 0.2) is 60.7 Å². The number of hydrogen-bond donors (Lipinski definition) is 1. The van der Waals surface area contributed by atoms with Crippen molar-refractivity contribution in [3.63, 3.8) is 0 Å². The highest BCUT2D eigenvalue weighted by Crippen LogP contribution is 2.39. The van der Waals surface area contributed by atoms with Gasteiger partial charge >= 0.3 is 0 Å². The maximum absolute atomic E-state index is 12.9. The van der Waals surface area contributed by atoms with Gasteiger partial charge in [0.25, 0.3) is 0 Å². The number of fused-ring (bicyclic) bond motifs is 3. The minimum Gasteiger partial charge on any atom is -0.491 e. The third-order valence-corrected chi connectivity index (χ3v) is 5.62. The molecule has 31 heavy (non-hydrogen) atoms. The summed E-state index contributed by atoms with van der Waals surface area (Å²) in [4.78, 5) is 12.9. The van der Waals surface area contributed by atoms with Crippen LogP contribution in [0.5, 0.6) is 17.2 Å². The molecule has 0 spiro atoms. The number of nitrogens with zero attached hydrogens (tertiary/aromatic N) is 2. The maximum Gasteiger partial charge on any atom is 0.231 e. The Bertz CT molecular complexity index is 1340. The molecule has 0 fully saturated rings. The summed E-state index contributed by atoms with van der Waals surface area (Å²) in [7, 11) is 0. The van der Waals surface area contributed by atoms with E-state index in [2.05, 4.69) is 0 Å². The van der Waals surface area contributed by atoms with Gasteiger partial charge in [0, 0.05) is 28.1 Å². The number of rotatable bonds is 5. The number of benzene rings is 3. The van der Waals surface area contributed by atoms with Crippen LogP contribution in [-0.4, -0.2) is 40.2 Å². The zero-order chi connectivity index (χ0) is 20.9. The molecule has 1 aromatic heterocycles. The van der Waals surface area contributed by atoms with Crippen molar-refractivity contribution in [2.24, 2.45) is 0 Å². The van der Waals surface area contributed by atoms with E-state index in [0.29, 0.717) is 28.4 Å². The number of aliphatic hydroxyl groups is 1. The van der Waals surface area contributed by atoms with Crippen molar-refractivity contribution < 1.29 is 24.1 Å². The van der Waals surface area contributed by atoms with Crippen LogP contribution in [-0.2, 0) is 6.54 Å². The molecule has 0 saturated heterocycles. The first-order chi connectivity index (χ1) is 15.2. The van der Waals surface area contributed by atoms with E-state index in [-0.39, 0.29) is 25.7 Å². The zero-order valence-electron chi connectivity index (χ0n) is 16.4. The second kappa shape index (κ2) is 6.85. The number of hydrogen-bond acceptors (Lipinski definition) is 6. The Balaban J connectivity index is 1.28. The van der Waals surface area contributed by atoms with Crippen molar-refractivity contribution in [2.45, 2.75) is 12.6 Å². The molecule has 1 N–H and O–H groups in total. The Morgan fingerprint density at radius 2 is 1.81 bits per heavy atom. The van der Waals surface area contributed by atoms with Gasteiger partial charge in [-0.1, -0.05) is 36.4 Å². The standard InChI is InChI=1S/C24H18N2O5/c27-14(12-29-15-8-9-20-21(10-15)31-13-30-20)11-26-19-7-3-6-18-22(19)23(25-26)16-4-1-2-5-17(16)24(18)28/h1-10,14,27H,11-13H2. The fraction of sp³-hybridized carbons (Fsp3) is 0.167. The van der Waals surface area contributed by atoms with Gasteiger partial charge in [0.05, 0.1) is 12.1 Å². The molecule has 1 aliphatic heterocycles. The summed E-state index contributed by atoms with van der Waals surface area (Å²) >= 11 is 0. The highest BCUT2D eigenvalue weighted by atomic mass is 16.7. The average molecular weight is 414 g/mol. The largest absolute Gasteiger partial charge is 0.491 e. The van der Waals surface area contributed by atoms with Crippen molar-refractivity contribution in [1.82, 2.24) is 9.78 Å². The monoisotopic (exact) mass is 414 g/mol. The maximum atomic E-state index is 12.9. The van der Waals surface area contributed by atoms with E-state index in [9.17, 15) is 9.90 Å². The molecule has 0 radical (unpaired) electrons. The summed E-state index contributed by atoms with van der Waals surface area (Å²) in [5.74, 6) is 1.90. The van der Waals surface area contributed by atoms with Gasteiger partial charge in [-0.25, -0.2) is 0 Å². The first kappa shape index (κ1) is 18.0. The molecule has 1 atom stereocenters. The highest BCUT2D eigenvalue weighted by molar-refractivity contribution is 6.25. The first-order valence-electron chi connectivity index (χ1n) is 10.0. The third-order valence-electron chi connectivity index (χ3n) is 5.62. The van der Waals surface area contributed by atoms with Crippen LogP contribution in [0.1, 0.15) is 15.9 Å². The molecular weight excluding hydrogens is 396 g/mol. The van der Waals surface area contributed by atoms with Gasteiger partial charge in [-0.2, -0.15) is 5.10 Å². The smallest absolute Gasteiger partial charge is 0.231 e. The van der Waals surface area contributed by atoms with Crippen molar-refractivity contribution in [2.75, 3.05) is 13.4 Å². The molecule has 3 aromatic carbocycles. The summed E-state index contributed by atoms with van der Waals surface area (Å²) in [6.07, 6.45) is -0.795. The van der Waals surface area contributed by atoms with E-state index in [1.807, 2.05) is 42.5 Å². The molecular formula is C24H18N2O5. The van der Waals surface area contributed by atoms with Crippen LogP contribution in [0.25, 0.3) is 22.2 Å². The number of carbonyl (C=O) groups excluding carboxylic acids is 1. The van der Waals surface area contributed by atoms with E-state index in [4.69, 9.17) is 19.3 Å². The molecule has 2 aliphatic rings. The lowest BCUT2D eigenvalue weighted by Gasteiger charge is -2.14. The zero-order valence-corrected chi connectivity index (χ0v) is 16.4. The molecule has 1 unspecified atom stereocenters. The summed E-state index contributed by atoms with van der Waals surface area (Å²) < 4.78 is 18.1. The van der Waals surface area contributed by atoms with Crippen molar-refractivity contribution in [1.29, 1.82) is 0 Å². The van der Waals surface area contributed by atoms with Crippen molar-refractivity contribution in [3.8, 4) is 28.5 Å². The van der Waals surface area contributed by atoms with Crippen LogP contribution in [0.3, 0.4) is 0 Å². The lowest BCUT2D eigenvalue weighted by molar-refractivity contribution is 0.0904. The number of ketones is 1. The fourth-order valence-electron chi connectivity index (χ4n) is 4.19. The summed E-state index contributed by atoms with van der Waals surface area (Å²) in [6.45, 7) is 0.524. The van der Waals surface area contributed by atoms with E-state index in [1.165, 1.54) is 0 Å². The van der Waals surface area contributed by atoms with Gasteiger partial charge in [-0.3, -0.25) is 9.48 Å². The lowest BCUT2D eigenvalue weighted by Crippen LogP contribution is -2.24. The van der Waals surface area contributed by atoms with Gasteiger partial charge in [-0.15, -0.1) is 0 Å². The van der Waals surface area contributed by atoms with E-state index in [1.54, 1.807) is 22.9 Å². The van der Waals surface area contributed by atoms with Crippen molar-refractivity contribution >= 4 is 16.7 Å². The number of aliphatic hydroxyl groups excluding tert-OH is 1. The molecule has 154 valence electrons. The molecule has 7 heteroatoms. The molecule has 0 bridgehead atoms. The molecule has 0 amide bonds. The molecule has 7 nitrogen and oxygen atoms in total. The van der Waals surface area contributed by atoms with Gasteiger partial charge < -0.3 is 19.3 Å². The second-order valence-corrected chi connectivity index (χ2v) is 7.59. The molecule has 2 heterocycles. The Labute approximate surface area is 177 Å². The van der Waals surface area contributed by atoms with Crippen LogP contribution in [0.2, 0.25) is 0 Å². The predicted molar refractivity (Wildman–Crippen MR) is 113 cm³/mol. The van der Waals surface area contributed by atoms with Gasteiger partial charge in [0.1, 0.15) is 24.2 Å². The molecule has 4 aromatic rings. The Hall–Kier alpha value is -3.84. The first-order valence-corrected chi connectivity index (χ1v) is 10.0. The molecule has 0 saturated carbocycles. The predicted octanol–water partition coefficient (Wildman–Crippen LogP) is 3.42. The summed E-state index contributed by atoms with van der Waals surface area (Å²) in [5, 5.41) is 16.2. The quantitative estimate of drug-likeness (QED) is 0.475. The van der Waals surface area contributed by atoms with E-state index >= 15 is 0 Å². The van der Waals surface area contributed by atoms with Crippen LogP contribution >= 0.6 is 0 Å². The Kier molecular flexibility index (Phi) is 3.97. The molecule has 6 rings (SSSR count).